The molecule has 4 atom stereocenters. The molecule has 0 radical (unpaired) electrons. The highest BCUT2D eigenvalue weighted by Gasteiger charge is 2.39. The minimum atomic E-state index is -0.511. The predicted molar refractivity (Wildman–Crippen MR) is 129 cm³/mol. The number of benzene rings is 1. The van der Waals surface area contributed by atoms with Crippen LogP contribution in [0.2, 0.25) is 5.02 Å². The van der Waals surface area contributed by atoms with Gasteiger partial charge in [-0.1, -0.05) is 30.7 Å². The first kappa shape index (κ1) is 22.6. The Morgan fingerprint density at radius 2 is 1.85 bits per heavy atom. The summed E-state index contributed by atoms with van der Waals surface area (Å²) in [5.74, 6) is 1.17. The molecule has 0 unspecified atom stereocenters. The second-order valence-electron chi connectivity index (χ2n) is 9.68. The van der Waals surface area contributed by atoms with Gasteiger partial charge in [-0.05, 0) is 56.5 Å². The van der Waals surface area contributed by atoms with Crippen molar-refractivity contribution in [2.75, 3.05) is 44.7 Å². The highest BCUT2D eigenvalue weighted by atomic mass is 35.5. The van der Waals surface area contributed by atoms with Crippen molar-refractivity contribution in [3.8, 4) is 0 Å². The molecule has 0 bridgehead atoms. The molecule has 0 saturated carbocycles. The summed E-state index contributed by atoms with van der Waals surface area (Å²) in [6.07, 6.45) is 3.89. The minimum Gasteiger partial charge on any atom is -0.387 e. The van der Waals surface area contributed by atoms with E-state index in [1.165, 1.54) is 0 Å². The fourth-order valence-corrected chi connectivity index (χ4v) is 5.97. The Hall–Kier alpha value is -2.22. The Kier molecular flexibility index (Phi) is 6.29. The van der Waals surface area contributed by atoms with Crippen LogP contribution in [0.1, 0.15) is 60.9 Å². The molecular weight excluding hydrogens is 438 g/mol. The Labute approximate surface area is 200 Å². The van der Waals surface area contributed by atoms with Crippen molar-refractivity contribution in [2.45, 2.75) is 50.2 Å². The summed E-state index contributed by atoms with van der Waals surface area (Å²) in [6.45, 7) is 5.93. The summed E-state index contributed by atoms with van der Waals surface area (Å²) < 4.78 is 0. The number of aromatic nitrogens is 2. The molecule has 1 N–H and O–H groups in total. The Balaban J connectivity index is 1.34. The summed E-state index contributed by atoms with van der Waals surface area (Å²) in [4.78, 5) is 29.3. The number of carbonyl (C=O) groups excluding carboxylic acids is 1. The van der Waals surface area contributed by atoms with Gasteiger partial charge in [-0.25, -0.2) is 9.97 Å². The van der Waals surface area contributed by atoms with Crippen molar-refractivity contribution in [1.29, 1.82) is 0 Å². The van der Waals surface area contributed by atoms with Gasteiger partial charge in [0.15, 0.2) is 0 Å². The van der Waals surface area contributed by atoms with Gasteiger partial charge in [0.1, 0.15) is 12.1 Å². The van der Waals surface area contributed by atoms with Crippen molar-refractivity contribution in [3.05, 3.63) is 52.4 Å². The first-order chi connectivity index (χ1) is 15.9. The highest BCUT2D eigenvalue weighted by molar-refractivity contribution is 6.30. The molecule has 1 aromatic heterocycles. The zero-order valence-corrected chi connectivity index (χ0v) is 20.1. The number of likely N-dealkylation sites (tertiary alicyclic amines) is 1. The van der Waals surface area contributed by atoms with E-state index >= 15 is 0 Å². The maximum atomic E-state index is 13.8. The van der Waals surface area contributed by atoms with Gasteiger partial charge in [-0.3, -0.25) is 4.79 Å². The van der Waals surface area contributed by atoms with Gasteiger partial charge in [-0.15, -0.1) is 0 Å². The van der Waals surface area contributed by atoms with E-state index in [9.17, 15) is 9.90 Å². The molecule has 2 saturated heterocycles. The number of hydrogen-bond donors (Lipinski definition) is 1. The van der Waals surface area contributed by atoms with Gasteiger partial charge in [0, 0.05) is 42.8 Å². The molecule has 3 heterocycles. The first-order valence-electron chi connectivity index (χ1n) is 12.0. The molecular formula is C25H32ClN5O2. The van der Waals surface area contributed by atoms with E-state index < -0.39 is 6.10 Å². The maximum absolute atomic E-state index is 13.8. The van der Waals surface area contributed by atoms with Crippen LogP contribution in [0.25, 0.3) is 0 Å². The molecule has 2 aromatic rings. The second-order valence-corrected chi connectivity index (χ2v) is 10.1. The van der Waals surface area contributed by atoms with Crippen LogP contribution in [0, 0.1) is 0 Å². The van der Waals surface area contributed by atoms with Crippen molar-refractivity contribution in [1.82, 2.24) is 19.8 Å². The van der Waals surface area contributed by atoms with Gasteiger partial charge in [0.05, 0.1) is 17.7 Å². The maximum Gasteiger partial charge on any atom is 0.231 e. The number of aliphatic hydroxyl groups is 1. The molecule has 1 amide bonds. The Morgan fingerprint density at radius 3 is 2.52 bits per heavy atom. The van der Waals surface area contributed by atoms with Crippen LogP contribution in [0.4, 0.5) is 5.82 Å². The third-order valence-electron chi connectivity index (χ3n) is 7.63. The largest absolute Gasteiger partial charge is 0.387 e. The third kappa shape index (κ3) is 4.22. The SMILES string of the molecule is C[C@@H]1C[C@@H](O)c2ncnc(N3CCN(C(=O)[C@@H](c4ccc(Cl)cc4)[C@H]4CCCN4C)CC3)c21. The van der Waals surface area contributed by atoms with Crippen LogP contribution in [0.3, 0.4) is 0 Å². The summed E-state index contributed by atoms with van der Waals surface area (Å²) in [6, 6.07) is 7.99. The molecule has 176 valence electrons. The van der Waals surface area contributed by atoms with Crippen molar-refractivity contribution >= 4 is 23.3 Å². The van der Waals surface area contributed by atoms with E-state index in [1.54, 1.807) is 6.33 Å². The second kappa shape index (κ2) is 9.20. The number of piperazine rings is 1. The lowest BCUT2D eigenvalue weighted by atomic mass is 9.88. The lowest BCUT2D eigenvalue weighted by Gasteiger charge is -2.39. The number of aliphatic hydroxyl groups excluding tert-OH is 1. The smallest absolute Gasteiger partial charge is 0.231 e. The normalized spacial score (nSPS) is 26.5. The van der Waals surface area contributed by atoms with Crippen LogP contribution in [-0.4, -0.2) is 76.6 Å². The fourth-order valence-electron chi connectivity index (χ4n) is 5.85. The zero-order valence-electron chi connectivity index (χ0n) is 19.3. The summed E-state index contributed by atoms with van der Waals surface area (Å²) in [5.41, 5.74) is 2.87. The number of hydrogen-bond acceptors (Lipinski definition) is 6. The van der Waals surface area contributed by atoms with Gasteiger partial charge in [-0.2, -0.15) is 0 Å². The molecule has 2 aliphatic heterocycles. The van der Waals surface area contributed by atoms with E-state index in [0.717, 1.165) is 55.1 Å². The number of rotatable bonds is 4. The Morgan fingerprint density at radius 1 is 1.12 bits per heavy atom. The number of amides is 1. The number of fused-ring (bicyclic) bond motifs is 1. The molecule has 8 heteroatoms. The molecule has 7 nitrogen and oxygen atoms in total. The van der Waals surface area contributed by atoms with Crippen molar-refractivity contribution < 1.29 is 9.90 Å². The predicted octanol–water partition coefficient (Wildman–Crippen LogP) is 3.20. The van der Waals surface area contributed by atoms with Crippen molar-refractivity contribution in [2.24, 2.45) is 0 Å². The third-order valence-corrected chi connectivity index (χ3v) is 7.88. The van der Waals surface area contributed by atoms with Gasteiger partial charge in [0.2, 0.25) is 5.91 Å². The van der Waals surface area contributed by atoms with Crippen LogP contribution >= 0.6 is 11.6 Å². The lowest BCUT2D eigenvalue weighted by Crippen LogP contribution is -2.52. The van der Waals surface area contributed by atoms with E-state index in [1.807, 2.05) is 29.2 Å². The summed E-state index contributed by atoms with van der Waals surface area (Å²) >= 11 is 6.13. The Bertz CT molecular complexity index is 1010. The van der Waals surface area contributed by atoms with Crippen LogP contribution in [-0.2, 0) is 4.79 Å². The monoisotopic (exact) mass is 469 g/mol. The van der Waals surface area contributed by atoms with Crippen LogP contribution in [0.15, 0.2) is 30.6 Å². The van der Waals surface area contributed by atoms with E-state index in [4.69, 9.17) is 11.6 Å². The molecule has 1 aromatic carbocycles. The van der Waals surface area contributed by atoms with Gasteiger partial charge >= 0.3 is 0 Å². The topological polar surface area (TPSA) is 72.8 Å². The minimum absolute atomic E-state index is 0.181. The molecule has 1 aliphatic carbocycles. The highest BCUT2D eigenvalue weighted by Crippen LogP contribution is 2.43. The summed E-state index contributed by atoms with van der Waals surface area (Å²) in [7, 11) is 2.12. The first-order valence-corrected chi connectivity index (χ1v) is 12.3. The average Bonchev–Trinajstić information content (AvgIpc) is 3.37. The molecule has 2 fully saturated rings. The quantitative estimate of drug-likeness (QED) is 0.741. The average molecular weight is 470 g/mol. The van der Waals surface area contributed by atoms with E-state index in [-0.39, 0.29) is 23.8 Å². The van der Waals surface area contributed by atoms with Crippen LogP contribution in [0.5, 0.6) is 0 Å². The zero-order chi connectivity index (χ0) is 23.1. The van der Waals surface area contributed by atoms with Gasteiger partial charge in [0.25, 0.3) is 0 Å². The number of carbonyl (C=O) groups is 1. The fraction of sp³-hybridized carbons (Fsp3) is 0.560. The van der Waals surface area contributed by atoms with Crippen molar-refractivity contribution in [3.63, 3.8) is 0 Å². The molecule has 0 spiro atoms. The molecule has 3 aliphatic rings. The van der Waals surface area contributed by atoms with E-state index in [0.29, 0.717) is 24.5 Å². The summed E-state index contributed by atoms with van der Waals surface area (Å²) in [5, 5.41) is 11.0. The lowest BCUT2D eigenvalue weighted by molar-refractivity contribution is -0.134. The van der Waals surface area contributed by atoms with Gasteiger partial charge < -0.3 is 19.8 Å². The number of halogens is 1. The number of nitrogens with zero attached hydrogens (tertiary/aromatic N) is 5. The number of anilines is 1. The van der Waals surface area contributed by atoms with Crippen LogP contribution < -0.4 is 4.90 Å². The molecule has 5 rings (SSSR count). The molecule has 33 heavy (non-hydrogen) atoms. The van der Waals surface area contributed by atoms with E-state index in [2.05, 4.69) is 33.7 Å². The standard InChI is InChI=1S/C25H32ClN5O2/c1-16-14-20(32)23-21(16)24(28-15-27-23)30-10-12-31(13-11-30)25(33)22(19-4-3-9-29(19)2)17-5-7-18(26)8-6-17/h5-8,15-16,19-20,22,32H,3-4,9-14H2,1-2H3/t16-,19-,20-,22+/m1/s1. The number of likely N-dealkylation sites (N-methyl/N-ethyl adjacent to an activating group) is 1.